The van der Waals surface area contributed by atoms with Gasteiger partial charge < -0.3 is 9.53 Å². The standard InChI is InChI=1S/C15H22O2/c1-10(2)14-9-13(7-6-12(4)16)11(3)8-15(14)17-5/h8-10H,6-7H2,1-5H3. The summed E-state index contributed by atoms with van der Waals surface area (Å²) in [6.45, 7) is 8.02. The summed E-state index contributed by atoms with van der Waals surface area (Å²) < 4.78 is 5.40. The van der Waals surface area contributed by atoms with E-state index in [0.29, 0.717) is 12.3 Å². The van der Waals surface area contributed by atoms with Crippen molar-refractivity contribution in [2.24, 2.45) is 0 Å². The zero-order valence-electron chi connectivity index (χ0n) is 11.5. The molecule has 0 amide bonds. The van der Waals surface area contributed by atoms with Crippen LogP contribution in [0.15, 0.2) is 12.1 Å². The first kappa shape index (κ1) is 13.8. The Morgan fingerprint density at radius 3 is 2.47 bits per heavy atom. The zero-order chi connectivity index (χ0) is 13.0. The van der Waals surface area contributed by atoms with Crippen molar-refractivity contribution >= 4 is 5.78 Å². The number of ether oxygens (including phenoxy) is 1. The fourth-order valence-electron chi connectivity index (χ4n) is 1.95. The van der Waals surface area contributed by atoms with Gasteiger partial charge in [-0.2, -0.15) is 0 Å². The van der Waals surface area contributed by atoms with Gasteiger partial charge in [-0.25, -0.2) is 0 Å². The van der Waals surface area contributed by atoms with Crippen LogP contribution in [-0.2, 0) is 11.2 Å². The molecule has 0 aliphatic heterocycles. The molecule has 17 heavy (non-hydrogen) atoms. The van der Waals surface area contributed by atoms with Crippen molar-refractivity contribution in [3.63, 3.8) is 0 Å². The summed E-state index contributed by atoms with van der Waals surface area (Å²) in [7, 11) is 1.70. The number of Topliss-reactive ketones (excluding diaryl/α,β-unsaturated/α-hetero) is 1. The van der Waals surface area contributed by atoms with E-state index in [2.05, 4.69) is 32.9 Å². The maximum Gasteiger partial charge on any atom is 0.130 e. The number of hydrogen-bond acceptors (Lipinski definition) is 2. The Kier molecular flexibility index (Phi) is 4.73. The van der Waals surface area contributed by atoms with Crippen LogP contribution in [0.1, 0.15) is 49.8 Å². The van der Waals surface area contributed by atoms with Crippen LogP contribution < -0.4 is 4.74 Å². The van der Waals surface area contributed by atoms with Crippen LogP contribution >= 0.6 is 0 Å². The normalized spacial score (nSPS) is 10.7. The zero-order valence-corrected chi connectivity index (χ0v) is 11.5. The predicted molar refractivity (Wildman–Crippen MR) is 70.8 cm³/mol. The Morgan fingerprint density at radius 1 is 1.35 bits per heavy atom. The number of methoxy groups -OCH3 is 1. The van der Waals surface area contributed by atoms with Crippen LogP contribution in [0.5, 0.6) is 5.75 Å². The van der Waals surface area contributed by atoms with Crippen molar-refractivity contribution in [1.29, 1.82) is 0 Å². The molecule has 1 aromatic carbocycles. The number of carbonyl (C=O) groups excluding carboxylic acids is 1. The molecule has 0 unspecified atom stereocenters. The van der Waals surface area contributed by atoms with E-state index in [4.69, 9.17) is 4.74 Å². The molecule has 2 nitrogen and oxygen atoms in total. The first-order chi connectivity index (χ1) is 7.95. The lowest BCUT2D eigenvalue weighted by Crippen LogP contribution is -2.01. The fraction of sp³-hybridized carbons (Fsp3) is 0.533. The van der Waals surface area contributed by atoms with Gasteiger partial charge in [-0.05, 0) is 48.9 Å². The van der Waals surface area contributed by atoms with Crippen LogP contribution in [0.25, 0.3) is 0 Å². The molecule has 0 aliphatic carbocycles. The van der Waals surface area contributed by atoms with Gasteiger partial charge in [-0.3, -0.25) is 0 Å². The molecule has 0 bridgehead atoms. The van der Waals surface area contributed by atoms with Gasteiger partial charge in [-0.1, -0.05) is 19.9 Å². The summed E-state index contributed by atoms with van der Waals surface area (Å²) in [6, 6.07) is 4.26. The van der Waals surface area contributed by atoms with Gasteiger partial charge in [-0.15, -0.1) is 0 Å². The Morgan fingerprint density at radius 2 is 2.00 bits per heavy atom. The molecule has 1 aromatic rings. The second kappa shape index (κ2) is 5.85. The second-order valence-electron chi connectivity index (χ2n) is 4.88. The third kappa shape index (κ3) is 3.58. The van der Waals surface area contributed by atoms with Crippen LogP contribution in [0, 0.1) is 6.92 Å². The van der Waals surface area contributed by atoms with E-state index in [1.165, 1.54) is 16.7 Å². The Labute approximate surface area is 104 Å². The number of benzene rings is 1. The van der Waals surface area contributed by atoms with Crippen LogP contribution in [0.2, 0.25) is 0 Å². The summed E-state index contributed by atoms with van der Waals surface area (Å²) in [5, 5.41) is 0. The van der Waals surface area contributed by atoms with Crippen LogP contribution in [-0.4, -0.2) is 12.9 Å². The monoisotopic (exact) mass is 234 g/mol. The minimum Gasteiger partial charge on any atom is -0.496 e. The fourth-order valence-corrected chi connectivity index (χ4v) is 1.95. The first-order valence-corrected chi connectivity index (χ1v) is 6.12. The van der Waals surface area contributed by atoms with Gasteiger partial charge in [0.05, 0.1) is 7.11 Å². The lowest BCUT2D eigenvalue weighted by atomic mass is 9.94. The molecule has 0 spiro atoms. The van der Waals surface area contributed by atoms with Crippen molar-refractivity contribution in [3.05, 3.63) is 28.8 Å². The molecule has 1 rings (SSSR count). The largest absolute Gasteiger partial charge is 0.496 e. The molecular weight excluding hydrogens is 212 g/mol. The highest BCUT2D eigenvalue weighted by atomic mass is 16.5. The SMILES string of the molecule is COc1cc(C)c(CCC(C)=O)cc1C(C)C. The van der Waals surface area contributed by atoms with Crippen molar-refractivity contribution in [2.45, 2.75) is 46.5 Å². The Hall–Kier alpha value is -1.31. The quantitative estimate of drug-likeness (QED) is 0.777. The number of rotatable bonds is 5. The molecule has 2 heteroatoms. The van der Waals surface area contributed by atoms with Gasteiger partial charge in [0.1, 0.15) is 11.5 Å². The molecule has 0 heterocycles. The number of carbonyl (C=O) groups is 1. The lowest BCUT2D eigenvalue weighted by Gasteiger charge is -2.15. The van der Waals surface area contributed by atoms with E-state index in [9.17, 15) is 4.79 Å². The van der Waals surface area contributed by atoms with E-state index in [1.54, 1.807) is 14.0 Å². The van der Waals surface area contributed by atoms with Crippen LogP contribution in [0.4, 0.5) is 0 Å². The minimum absolute atomic E-state index is 0.242. The molecule has 0 N–H and O–H groups in total. The summed E-state index contributed by atoms with van der Waals surface area (Å²) in [4.78, 5) is 11.0. The second-order valence-corrected chi connectivity index (χ2v) is 4.88. The topological polar surface area (TPSA) is 26.3 Å². The number of hydrogen-bond donors (Lipinski definition) is 0. The van der Waals surface area contributed by atoms with Crippen molar-refractivity contribution in [2.75, 3.05) is 7.11 Å². The molecule has 0 radical (unpaired) electrons. The summed E-state index contributed by atoms with van der Waals surface area (Å²) in [5.74, 6) is 1.62. The van der Waals surface area contributed by atoms with Crippen molar-refractivity contribution in [3.8, 4) is 5.75 Å². The molecule has 0 fully saturated rings. The van der Waals surface area contributed by atoms with Gasteiger partial charge in [0.15, 0.2) is 0 Å². The molecule has 0 aromatic heterocycles. The Balaban J connectivity index is 3.06. The maximum atomic E-state index is 11.0. The van der Waals surface area contributed by atoms with E-state index in [-0.39, 0.29) is 5.78 Å². The maximum absolute atomic E-state index is 11.0. The average Bonchev–Trinajstić information content (AvgIpc) is 2.26. The third-order valence-corrected chi connectivity index (χ3v) is 3.06. The third-order valence-electron chi connectivity index (χ3n) is 3.06. The van der Waals surface area contributed by atoms with Crippen molar-refractivity contribution in [1.82, 2.24) is 0 Å². The van der Waals surface area contributed by atoms with Gasteiger partial charge >= 0.3 is 0 Å². The molecule has 0 aliphatic rings. The van der Waals surface area contributed by atoms with Gasteiger partial charge in [0.25, 0.3) is 0 Å². The molecular formula is C15H22O2. The number of aryl methyl sites for hydroxylation is 2. The van der Waals surface area contributed by atoms with E-state index < -0.39 is 0 Å². The molecule has 0 saturated heterocycles. The van der Waals surface area contributed by atoms with Crippen LogP contribution in [0.3, 0.4) is 0 Å². The Bertz CT molecular complexity index is 406. The smallest absolute Gasteiger partial charge is 0.130 e. The van der Waals surface area contributed by atoms with Gasteiger partial charge in [0.2, 0.25) is 0 Å². The minimum atomic E-state index is 0.242. The highest BCUT2D eigenvalue weighted by molar-refractivity contribution is 5.75. The number of ketones is 1. The summed E-state index contributed by atoms with van der Waals surface area (Å²) in [5.41, 5.74) is 3.67. The molecule has 0 atom stereocenters. The molecule has 0 saturated carbocycles. The van der Waals surface area contributed by atoms with Gasteiger partial charge in [0, 0.05) is 6.42 Å². The first-order valence-electron chi connectivity index (χ1n) is 6.12. The summed E-state index contributed by atoms with van der Waals surface area (Å²) >= 11 is 0. The van der Waals surface area contributed by atoms with E-state index in [0.717, 1.165) is 12.2 Å². The molecule has 94 valence electrons. The van der Waals surface area contributed by atoms with E-state index in [1.807, 2.05) is 0 Å². The summed E-state index contributed by atoms with van der Waals surface area (Å²) in [6.07, 6.45) is 1.44. The highest BCUT2D eigenvalue weighted by Gasteiger charge is 2.11. The lowest BCUT2D eigenvalue weighted by molar-refractivity contribution is -0.116. The van der Waals surface area contributed by atoms with E-state index >= 15 is 0 Å². The van der Waals surface area contributed by atoms with Crippen molar-refractivity contribution < 1.29 is 9.53 Å². The average molecular weight is 234 g/mol. The highest BCUT2D eigenvalue weighted by Crippen LogP contribution is 2.30. The predicted octanol–water partition coefficient (Wildman–Crippen LogP) is 3.65.